The molecule has 1 heterocycles. The van der Waals surface area contributed by atoms with Gasteiger partial charge < -0.3 is 5.32 Å². The first-order valence-electron chi connectivity index (χ1n) is 5.35. The van der Waals surface area contributed by atoms with Gasteiger partial charge in [0.15, 0.2) is 0 Å². The first kappa shape index (κ1) is 10.0. The van der Waals surface area contributed by atoms with E-state index in [2.05, 4.69) is 38.2 Å². The fourth-order valence-electron chi connectivity index (χ4n) is 2.48. The molecule has 1 aromatic rings. The molecule has 0 fully saturated rings. The van der Waals surface area contributed by atoms with Crippen LogP contribution < -0.4 is 5.32 Å². The highest BCUT2D eigenvalue weighted by Crippen LogP contribution is 2.39. The second-order valence-corrected chi connectivity index (χ2v) is 5.00. The van der Waals surface area contributed by atoms with Crippen LogP contribution in [0.5, 0.6) is 0 Å². The standard InChI is InChI=1S/C13H16N2/c1-9-7-13(2,3)15-12-10(8-14)5-4-6-11(9)12/h4-6,9,15H,7H2,1-3H3. The van der Waals surface area contributed by atoms with Crippen molar-refractivity contribution in [2.45, 2.75) is 38.6 Å². The summed E-state index contributed by atoms with van der Waals surface area (Å²) >= 11 is 0. The number of nitrogens with one attached hydrogen (secondary N) is 1. The van der Waals surface area contributed by atoms with Crippen molar-refractivity contribution in [2.24, 2.45) is 0 Å². The number of hydrogen-bond donors (Lipinski definition) is 1. The Morgan fingerprint density at radius 1 is 1.47 bits per heavy atom. The van der Waals surface area contributed by atoms with E-state index >= 15 is 0 Å². The first-order valence-corrected chi connectivity index (χ1v) is 5.35. The second kappa shape index (κ2) is 3.27. The van der Waals surface area contributed by atoms with Gasteiger partial charge in [0.25, 0.3) is 0 Å². The summed E-state index contributed by atoms with van der Waals surface area (Å²) in [6.07, 6.45) is 1.11. The highest BCUT2D eigenvalue weighted by atomic mass is 15.0. The van der Waals surface area contributed by atoms with Crippen LogP contribution >= 0.6 is 0 Å². The molecule has 0 amide bonds. The van der Waals surface area contributed by atoms with Crippen molar-refractivity contribution in [3.05, 3.63) is 29.3 Å². The normalized spacial score (nSPS) is 22.4. The molecule has 78 valence electrons. The molecule has 0 aliphatic carbocycles. The average molecular weight is 200 g/mol. The van der Waals surface area contributed by atoms with Crippen LogP contribution in [0.1, 0.15) is 44.2 Å². The molecule has 0 saturated carbocycles. The second-order valence-electron chi connectivity index (χ2n) is 5.00. The number of nitriles is 1. The van der Waals surface area contributed by atoms with Gasteiger partial charge in [-0.25, -0.2) is 0 Å². The van der Waals surface area contributed by atoms with Crippen molar-refractivity contribution in [2.75, 3.05) is 5.32 Å². The number of benzene rings is 1. The van der Waals surface area contributed by atoms with E-state index in [-0.39, 0.29) is 5.54 Å². The van der Waals surface area contributed by atoms with Gasteiger partial charge in [-0.2, -0.15) is 5.26 Å². The molecule has 0 spiro atoms. The van der Waals surface area contributed by atoms with Crippen LogP contribution in [0.4, 0.5) is 5.69 Å². The largest absolute Gasteiger partial charge is 0.379 e. The van der Waals surface area contributed by atoms with Crippen LogP contribution in [0.2, 0.25) is 0 Å². The monoisotopic (exact) mass is 200 g/mol. The van der Waals surface area contributed by atoms with Crippen molar-refractivity contribution < 1.29 is 0 Å². The van der Waals surface area contributed by atoms with E-state index in [0.29, 0.717) is 5.92 Å². The maximum absolute atomic E-state index is 9.06. The summed E-state index contributed by atoms with van der Waals surface area (Å²) in [4.78, 5) is 0. The Morgan fingerprint density at radius 3 is 2.87 bits per heavy atom. The van der Waals surface area contributed by atoms with Gasteiger partial charge in [-0.3, -0.25) is 0 Å². The quantitative estimate of drug-likeness (QED) is 0.697. The summed E-state index contributed by atoms with van der Waals surface area (Å²) in [5.41, 5.74) is 3.14. The predicted molar refractivity (Wildman–Crippen MR) is 61.9 cm³/mol. The fourth-order valence-corrected chi connectivity index (χ4v) is 2.48. The number of rotatable bonds is 0. The molecule has 2 heteroatoms. The molecule has 1 aromatic carbocycles. The van der Waals surface area contributed by atoms with Gasteiger partial charge in [-0.1, -0.05) is 19.1 Å². The number of para-hydroxylation sites is 1. The maximum Gasteiger partial charge on any atom is 0.101 e. The number of fused-ring (bicyclic) bond motifs is 1. The molecular weight excluding hydrogens is 184 g/mol. The minimum absolute atomic E-state index is 0.0827. The van der Waals surface area contributed by atoms with E-state index in [4.69, 9.17) is 5.26 Å². The lowest BCUT2D eigenvalue weighted by Crippen LogP contribution is -2.37. The van der Waals surface area contributed by atoms with Crippen LogP contribution in [-0.2, 0) is 0 Å². The minimum Gasteiger partial charge on any atom is -0.379 e. The minimum atomic E-state index is 0.0827. The summed E-state index contributed by atoms with van der Waals surface area (Å²) in [7, 11) is 0. The molecule has 0 aromatic heterocycles. The Labute approximate surface area is 90.9 Å². The Hall–Kier alpha value is -1.49. The third kappa shape index (κ3) is 1.70. The Kier molecular flexibility index (Phi) is 2.19. The van der Waals surface area contributed by atoms with Crippen LogP contribution in [0, 0.1) is 11.3 Å². The molecule has 1 aliphatic rings. The van der Waals surface area contributed by atoms with E-state index in [1.807, 2.05) is 12.1 Å². The van der Waals surface area contributed by atoms with Crippen molar-refractivity contribution in [3.63, 3.8) is 0 Å². The van der Waals surface area contributed by atoms with E-state index in [1.165, 1.54) is 5.56 Å². The molecule has 15 heavy (non-hydrogen) atoms. The van der Waals surface area contributed by atoms with E-state index in [0.717, 1.165) is 17.7 Å². The Bertz CT molecular complexity index is 427. The highest BCUT2D eigenvalue weighted by molar-refractivity contribution is 5.66. The van der Waals surface area contributed by atoms with E-state index < -0.39 is 0 Å². The molecule has 2 rings (SSSR count). The SMILES string of the molecule is CC1CC(C)(C)Nc2c(C#N)cccc21. The molecular formula is C13H16N2. The van der Waals surface area contributed by atoms with Crippen LogP contribution in [0.25, 0.3) is 0 Å². The summed E-state index contributed by atoms with van der Waals surface area (Å²) in [5, 5.41) is 12.5. The summed E-state index contributed by atoms with van der Waals surface area (Å²) in [5.74, 6) is 0.518. The highest BCUT2D eigenvalue weighted by Gasteiger charge is 2.30. The van der Waals surface area contributed by atoms with Crippen molar-refractivity contribution >= 4 is 5.69 Å². The lowest BCUT2D eigenvalue weighted by molar-refractivity contribution is 0.454. The molecule has 1 unspecified atom stereocenters. The maximum atomic E-state index is 9.06. The van der Waals surface area contributed by atoms with Crippen molar-refractivity contribution in [1.29, 1.82) is 5.26 Å². The lowest BCUT2D eigenvalue weighted by Gasteiger charge is -2.38. The third-order valence-electron chi connectivity index (χ3n) is 3.03. The van der Waals surface area contributed by atoms with Gasteiger partial charge >= 0.3 is 0 Å². The predicted octanol–water partition coefficient (Wildman–Crippen LogP) is 3.26. The van der Waals surface area contributed by atoms with Gasteiger partial charge in [0, 0.05) is 5.54 Å². The molecule has 2 nitrogen and oxygen atoms in total. The van der Waals surface area contributed by atoms with Gasteiger partial charge in [0.05, 0.1) is 11.3 Å². The molecule has 1 N–H and O–H groups in total. The summed E-state index contributed by atoms with van der Waals surface area (Å²) < 4.78 is 0. The van der Waals surface area contributed by atoms with Crippen molar-refractivity contribution in [3.8, 4) is 6.07 Å². The Balaban J connectivity index is 2.56. The van der Waals surface area contributed by atoms with Gasteiger partial charge in [-0.15, -0.1) is 0 Å². The van der Waals surface area contributed by atoms with Crippen LogP contribution in [-0.4, -0.2) is 5.54 Å². The average Bonchev–Trinajstić information content (AvgIpc) is 2.15. The van der Waals surface area contributed by atoms with Gasteiger partial charge in [0.1, 0.15) is 6.07 Å². The number of hydrogen-bond acceptors (Lipinski definition) is 2. The van der Waals surface area contributed by atoms with Crippen LogP contribution in [0.3, 0.4) is 0 Å². The fraction of sp³-hybridized carbons (Fsp3) is 0.462. The zero-order valence-corrected chi connectivity index (χ0v) is 9.46. The zero-order valence-electron chi connectivity index (χ0n) is 9.46. The third-order valence-corrected chi connectivity index (χ3v) is 3.03. The summed E-state index contributed by atoms with van der Waals surface area (Å²) in [6, 6.07) is 8.21. The Morgan fingerprint density at radius 2 is 2.20 bits per heavy atom. The first-order chi connectivity index (χ1) is 7.03. The molecule has 0 radical (unpaired) electrons. The zero-order chi connectivity index (χ0) is 11.1. The van der Waals surface area contributed by atoms with Crippen LogP contribution in [0.15, 0.2) is 18.2 Å². The molecule has 1 aliphatic heterocycles. The number of nitrogens with zero attached hydrogens (tertiary/aromatic N) is 1. The lowest BCUT2D eigenvalue weighted by atomic mass is 9.81. The molecule has 1 atom stereocenters. The van der Waals surface area contributed by atoms with Crippen molar-refractivity contribution in [1.82, 2.24) is 0 Å². The van der Waals surface area contributed by atoms with Gasteiger partial charge in [-0.05, 0) is 37.8 Å². The summed E-state index contributed by atoms with van der Waals surface area (Å²) in [6.45, 7) is 6.59. The van der Waals surface area contributed by atoms with Gasteiger partial charge in [0.2, 0.25) is 0 Å². The topological polar surface area (TPSA) is 35.8 Å². The van der Waals surface area contributed by atoms with E-state index in [9.17, 15) is 0 Å². The smallest absolute Gasteiger partial charge is 0.101 e. The molecule has 0 bridgehead atoms. The number of anilines is 1. The molecule has 0 saturated heterocycles. The van der Waals surface area contributed by atoms with E-state index in [1.54, 1.807) is 0 Å².